The maximum absolute atomic E-state index is 9.63. The van der Waals surface area contributed by atoms with Crippen molar-refractivity contribution in [3.8, 4) is 0 Å². The van der Waals surface area contributed by atoms with Crippen molar-refractivity contribution in [2.24, 2.45) is 0 Å². The Labute approximate surface area is 124 Å². The van der Waals surface area contributed by atoms with Crippen LogP contribution in [0.1, 0.15) is 53.4 Å². The number of ether oxygens (including phenoxy) is 1. The van der Waals surface area contributed by atoms with E-state index in [4.69, 9.17) is 4.74 Å². The van der Waals surface area contributed by atoms with Crippen molar-refractivity contribution in [1.29, 1.82) is 0 Å². The van der Waals surface area contributed by atoms with Crippen LogP contribution >= 0.6 is 0 Å². The lowest BCUT2D eigenvalue weighted by Crippen LogP contribution is -2.52. The van der Waals surface area contributed by atoms with Crippen LogP contribution in [0.5, 0.6) is 0 Å². The molecular formula is C16H34N2O2. The zero-order valence-electron chi connectivity index (χ0n) is 13.8. The minimum absolute atomic E-state index is 0.175. The van der Waals surface area contributed by atoms with Crippen LogP contribution in [0.2, 0.25) is 0 Å². The van der Waals surface area contributed by atoms with E-state index in [1.165, 1.54) is 12.8 Å². The van der Waals surface area contributed by atoms with Crippen LogP contribution in [-0.4, -0.2) is 60.5 Å². The van der Waals surface area contributed by atoms with Gasteiger partial charge >= 0.3 is 0 Å². The number of hydrogen-bond donors (Lipinski definition) is 2. The highest BCUT2D eigenvalue weighted by molar-refractivity contribution is 4.88. The molecule has 0 aromatic heterocycles. The number of nitrogens with zero attached hydrogens (tertiary/aromatic N) is 1. The topological polar surface area (TPSA) is 44.7 Å². The van der Waals surface area contributed by atoms with E-state index in [2.05, 4.69) is 37.9 Å². The van der Waals surface area contributed by atoms with E-state index in [1.807, 2.05) is 0 Å². The summed E-state index contributed by atoms with van der Waals surface area (Å²) >= 11 is 0. The number of piperidine rings is 1. The summed E-state index contributed by atoms with van der Waals surface area (Å²) in [4.78, 5) is 2.52. The summed E-state index contributed by atoms with van der Waals surface area (Å²) < 4.78 is 5.91. The first-order chi connectivity index (χ1) is 9.54. The normalized spacial score (nSPS) is 25.4. The second-order valence-electron chi connectivity index (χ2n) is 6.43. The first-order valence-electron chi connectivity index (χ1n) is 8.26. The molecule has 0 spiro atoms. The summed E-state index contributed by atoms with van der Waals surface area (Å²) in [6.07, 6.45) is 4.86. The summed E-state index contributed by atoms with van der Waals surface area (Å²) in [6, 6.07) is 0.472. The third kappa shape index (κ3) is 5.68. The first kappa shape index (κ1) is 17.9. The van der Waals surface area contributed by atoms with Gasteiger partial charge in [-0.15, -0.1) is 0 Å². The molecule has 0 saturated carbocycles. The molecule has 3 unspecified atom stereocenters. The predicted octanol–water partition coefficient (Wildman–Crippen LogP) is 2.02. The summed E-state index contributed by atoms with van der Waals surface area (Å²) in [5.41, 5.74) is -0.175. The smallest absolute Gasteiger partial charge is 0.0702 e. The van der Waals surface area contributed by atoms with Crippen molar-refractivity contribution in [2.45, 2.75) is 71.1 Å². The number of likely N-dealkylation sites (tertiary alicyclic amines) is 1. The Morgan fingerprint density at radius 3 is 2.80 bits per heavy atom. The Morgan fingerprint density at radius 2 is 2.20 bits per heavy atom. The van der Waals surface area contributed by atoms with Crippen molar-refractivity contribution in [1.82, 2.24) is 10.2 Å². The Balaban J connectivity index is 2.47. The number of aliphatic hydroxyl groups is 1. The minimum Gasteiger partial charge on any atom is -0.394 e. The average molecular weight is 286 g/mol. The van der Waals surface area contributed by atoms with Crippen LogP contribution in [0.25, 0.3) is 0 Å². The Morgan fingerprint density at radius 1 is 1.45 bits per heavy atom. The van der Waals surface area contributed by atoms with E-state index in [0.717, 1.165) is 39.1 Å². The summed E-state index contributed by atoms with van der Waals surface area (Å²) in [5, 5.41) is 13.0. The summed E-state index contributed by atoms with van der Waals surface area (Å²) in [5.74, 6) is 0. The Hall–Kier alpha value is -0.160. The lowest BCUT2D eigenvalue weighted by molar-refractivity contribution is -0.0159. The molecule has 0 aromatic carbocycles. The van der Waals surface area contributed by atoms with E-state index in [1.54, 1.807) is 0 Å². The fourth-order valence-corrected chi connectivity index (χ4v) is 3.19. The molecule has 120 valence electrons. The maximum Gasteiger partial charge on any atom is 0.0702 e. The zero-order chi connectivity index (χ0) is 15.0. The van der Waals surface area contributed by atoms with Gasteiger partial charge in [0.15, 0.2) is 0 Å². The van der Waals surface area contributed by atoms with Gasteiger partial charge in [0.25, 0.3) is 0 Å². The van der Waals surface area contributed by atoms with Crippen LogP contribution in [0.3, 0.4) is 0 Å². The highest BCUT2D eigenvalue weighted by atomic mass is 16.5. The molecule has 0 radical (unpaired) electrons. The van der Waals surface area contributed by atoms with Crippen molar-refractivity contribution in [3.05, 3.63) is 0 Å². The monoisotopic (exact) mass is 286 g/mol. The van der Waals surface area contributed by atoms with Gasteiger partial charge in [0.05, 0.1) is 12.7 Å². The summed E-state index contributed by atoms with van der Waals surface area (Å²) in [6.45, 7) is 12.8. The first-order valence-corrected chi connectivity index (χ1v) is 8.26. The molecule has 1 aliphatic heterocycles. The predicted molar refractivity (Wildman–Crippen MR) is 84.1 cm³/mol. The second-order valence-corrected chi connectivity index (χ2v) is 6.43. The molecule has 3 atom stereocenters. The molecule has 2 N–H and O–H groups in total. The molecule has 1 saturated heterocycles. The molecule has 1 rings (SSSR count). The number of nitrogens with one attached hydrogen (secondary N) is 1. The molecule has 1 heterocycles. The molecule has 0 aromatic rings. The van der Waals surface area contributed by atoms with E-state index in [0.29, 0.717) is 12.1 Å². The van der Waals surface area contributed by atoms with Crippen LogP contribution in [-0.2, 0) is 4.74 Å². The van der Waals surface area contributed by atoms with Crippen molar-refractivity contribution in [3.63, 3.8) is 0 Å². The van der Waals surface area contributed by atoms with E-state index in [-0.39, 0.29) is 12.1 Å². The molecule has 0 amide bonds. The molecule has 4 heteroatoms. The van der Waals surface area contributed by atoms with E-state index in [9.17, 15) is 5.11 Å². The highest BCUT2D eigenvalue weighted by Gasteiger charge is 2.30. The molecule has 0 aliphatic carbocycles. The van der Waals surface area contributed by atoms with Gasteiger partial charge in [0.1, 0.15) is 0 Å². The van der Waals surface area contributed by atoms with Crippen LogP contribution < -0.4 is 5.32 Å². The van der Waals surface area contributed by atoms with Crippen LogP contribution in [0.4, 0.5) is 0 Å². The largest absolute Gasteiger partial charge is 0.394 e. The fourth-order valence-electron chi connectivity index (χ4n) is 3.19. The second kappa shape index (κ2) is 8.98. The zero-order valence-corrected chi connectivity index (χ0v) is 13.8. The Kier molecular flexibility index (Phi) is 8.03. The summed E-state index contributed by atoms with van der Waals surface area (Å²) in [7, 11) is 0. The average Bonchev–Trinajstić information content (AvgIpc) is 2.45. The number of aliphatic hydroxyl groups excluding tert-OH is 1. The van der Waals surface area contributed by atoms with Crippen molar-refractivity contribution in [2.75, 3.05) is 32.8 Å². The van der Waals surface area contributed by atoms with Gasteiger partial charge in [-0.2, -0.15) is 0 Å². The maximum atomic E-state index is 9.63. The van der Waals surface area contributed by atoms with Crippen LogP contribution in [0.15, 0.2) is 0 Å². The molecule has 20 heavy (non-hydrogen) atoms. The fraction of sp³-hybridized carbons (Fsp3) is 1.00. The molecule has 0 bridgehead atoms. The highest BCUT2D eigenvalue weighted by Crippen LogP contribution is 2.21. The van der Waals surface area contributed by atoms with Crippen molar-refractivity contribution < 1.29 is 9.84 Å². The molecule has 1 aliphatic rings. The van der Waals surface area contributed by atoms with Gasteiger partial charge < -0.3 is 15.2 Å². The third-order valence-corrected chi connectivity index (χ3v) is 4.29. The Bertz CT molecular complexity index is 263. The molecule has 4 nitrogen and oxygen atoms in total. The van der Waals surface area contributed by atoms with Gasteiger partial charge in [-0.3, -0.25) is 4.90 Å². The van der Waals surface area contributed by atoms with Crippen LogP contribution in [0, 0.1) is 0 Å². The van der Waals surface area contributed by atoms with E-state index >= 15 is 0 Å². The quantitative estimate of drug-likeness (QED) is 0.681. The SMILES string of the molecule is CCCOC1CCCN(C(C)CC(C)(CO)NCC)C1. The third-order valence-electron chi connectivity index (χ3n) is 4.29. The lowest BCUT2D eigenvalue weighted by Gasteiger charge is -2.40. The standard InChI is InChI=1S/C16H34N2O2/c1-5-10-20-15-8-7-9-18(12-15)14(3)11-16(4,13-19)17-6-2/h14-15,17,19H,5-13H2,1-4H3. The molecule has 1 fully saturated rings. The van der Waals surface area contributed by atoms with Crippen molar-refractivity contribution >= 4 is 0 Å². The lowest BCUT2D eigenvalue weighted by atomic mass is 9.92. The number of likely N-dealkylation sites (N-methyl/N-ethyl adjacent to an activating group) is 1. The van der Waals surface area contributed by atoms with Gasteiger partial charge in [-0.1, -0.05) is 13.8 Å². The number of hydrogen-bond acceptors (Lipinski definition) is 4. The number of rotatable bonds is 9. The molecular weight excluding hydrogens is 252 g/mol. The van der Waals surface area contributed by atoms with E-state index < -0.39 is 0 Å². The van der Waals surface area contributed by atoms with Gasteiger partial charge in [0, 0.05) is 24.7 Å². The van der Waals surface area contributed by atoms with Gasteiger partial charge in [0.2, 0.25) is 0 Å². The van der Waals surface area contributed by atoms with Gasteiger partial charge in [-0.25, -0.2) is 0 Å². The van der Waals surface area contributed by atoms with Gasteiger partial charge in [-0.05, 0) is 52.6 Å². The minimum atomic E-state index is -0.175.